The van der Waals surface area contributed by atoms with Gasteiger partial charge in [-0.3, -0.25) is 4.98 Å². The molecule has 4 aromatic carbocycles. The summed E-state index contributed by atoms with van der Waals surface area (Å²) in [5, 5.41) is 5.89. The second-order valence-electron chi connectivity index (χ2n) is 6.48. The van der Waals surface area contributed by atoms with Gasteiger partial charge >= 0.3 is 0 Å². The molecule has 0 amide bonds. The summed E-state index contributed by atoms with van der Waals surface area (Å²) >= 11 is 0. The van der Waals surface area contributed by atoms with Gasteiger partial charge in [-0.15, -0.1) is 0 Å². The van der Waals surface area contributed by atoms with Crippen LogP contribution in [0.4, 0.5) is 0 Å². The minimum Gasteiger partial charge on any atom is -0.456 e. The topological polar surface area (TPSA) is 22.1 Å². The first-order valence-corrected chi connectivity index (χ1v) is 8.40. The molecule has 0 fully saturated rings. The molecule has 2 heterocycles. The number of hydrogen-bond acceptors (Lipinski definition) is 2. The number of benzene rings is 4. The normalized spacial score (nSPS) is 12.3. The van der Waals surface area contributed by atoms with E-state index in [1.165, 1.54) is 21.7 Å². The predicted molar refractivity (Wildman–Crippen MR) is 102 cm³/mol. The molecule has 0 aliphatic carbocycles. The Balaban J connectivity index is 1.83. The zero-order valence-electron chi connectivity index (χ0n) is 13.4. The molecule has 1 aliphatic rings. The van der Waals surface area contributed by atoms with Crippen LogP contribution in [-0.4, -0.2) is 4.98 Å². The second-order valence-corrected chi connectivity index (χ2v) is 6.48. The van der Waals surface area contributed by atoms with Gasteiger partial charge in [-0.2, -0.15) is 0 Å². The highest BCUT2D eigenvalue weighted by molar-refractivity contribution is 6.17. The van der Waals surface area contributed by atoms with Crippen LogP contribution in [0.25, 0.3) is 43.6 Å². The van der Waals surface area contributed by atoms with Crippen LogP contribution in [0.2, 0.25) is 0 Å². The minimum atomic E-state index is 0.889. The third kappa shape index (κ3) is 1.71. The van der Waals surface area contributed by atoms with Crippen molar-refractivity contribution >= 4 is 32.4 Å². The van der Waals surface area contributed by atoms with Crippen molar-refractivity contribution in [3.05, 3.63) is 79.0 Å². The number of hydrogen-bond donors (Lipinski definition) is 0. The Bertz CT molecular complexity index is 1320. The Hall–Kier alpha value is -3.39. The summed E-state index contributed by atoms with van der Waals surface area (Å²) in [7, 11) is 0. The van der Waals surface area contributed by atoms with Gasteiger partial charge in [0.15, 0.2) is 0 Å². The molecule has 116 valence electrons. The van der Waals surface area contributed by atoms with E-state index < -0.39 is 0 Å². The molecule has 0 unspecified atom stereocenters. The first kappa shape index (κ1) is 13.0. The third-order valence-corrected chi connectivity index (χ3v) is 5.05. The Morgan fingerprint density at radius 2 is 1.44 bits per heavy atom. The van der Waals surface area contributed by atoms with Crippen molar-refractivity contribution in [2.75, 3.05) is 0 Å². The number of rotatable bonds is 0. The number of para-hydroxylation sites is 1. The molecule has 0 N–H and O–H groups in total. The van der Waals surface area contributed by atoms with Crippen molar-refractivity contribution in [2.45, 2.75) is 0 Å². The molecule has 6 rings (SSSR count). The maximum absolute atomic E-state index is 6.23. The molecule has 2 heteroatoms. The maximum Gasteiger partial charge on any atom is 0.138 e. The first-order valence-electron chi connectivity index (χ1n) is 8.40. The molecule has 0 saturated heterocycles. The molecular weight excluding hydrogens is 306 g/mol. The average Bonchev–Trinajstić information content (AvgIpc) is 2.67. The zero-order chi connectivity index (χ0) is 16.4. The van der Waals surface area contributed by atoms with Gasteiger partial charge < -0.3 is 4.74 Å². The SMILES string of the molecule is c1ccc2c(c1)Oc1cc3cc4ccccc4cc3c3nccc-2c13. The van der Waals surface area contributed by atoms with Crippen molar-refractivity contribution in [1.82, 2.24) is 4.98 Å². The molecule has 2 nitrogen and oxygen atoms in total. The Morgan fingerprint density at radius 1 is 0.640 bits per heavy atom. The van der Waals surface area contributed by atoms with E-state index in [9.17, 15) is 0 Å². The smallest absolute Gasteiger partial charge is 0.138 e. The van der Waals surface area contributed by atoms with Crippen molar-refractivity contribution < 1.29 is 4.74 Å². The monoisotopic (exact) mass is 319 g/mol. The van der Waals surface area contributed by atoms with Crippen molar-refractivity contribution in [3.63, 3.8) is 0 Å². The number of aromatic nitrogens is 1. The molecule has 1 aliphatic heterocycles. The van der Waals surface area contributed by atoms with E-state index in [-0.39, 0.29) is 0 Å². The lowest BCUT2D eigenvalue weighted by Gasteiger charge is -2.21. The number of ether oxygens (including phenoxy) is 1. The summed E-state index contributed by atoms with van der Waals surface area (Å²) in [4.78, 5) is 4.71. The lowest BCUT2D eigenvalue weighted by atomic mass is 9.94. The van der Waals surface area contributed by atoms with E-state index in [1.807, 2.05) is 24.4 Å². The largest absolute Gasteiger partial charge is 0.456 e. The fourth-order valence-electron chi connectivity index (χ4n) is 3.91. The Labute approximate surface area is 144 Å². The van der Waals surface area contributed by atoms with E-state index >= 15 is 0 Å². The number of nitrogens with zero attached hydrogens (tertiary/aromatic N) is 1. The molecule has 0 saturated carbocycles. The zero-order valence-corrected chi connectivity index (χ0v) is 13.4. The molecule has 0 bridgehead atoms. The molecule has 0 atom stereocenters. The van der Waals surface area contributed by atoms with E-state index in [4.69, 9.17) is 9.72 Å². The van der Waals surface area contributed by atoms with Gasteiger partial charge in [-0.05, 0) is 46.5 Å². The van der Waals surface area contributed by atoms with Gasteiger partial charge in [0.2, 0.25) is 0 Å². The summed E-state index contributed by atoms with van der Waals surface area (Å²) in [5.41, 5.74) is 3.32. The summed E-state index contributed by atoms with van der Waals surface area (Å²) in [6.07, 6.45) is 1.90. The first-order chi connectivity index (χ1) is 12.4. The second kappa shape index (κ2) is 4.58. The highest BCUT2D eigenvalue weighted by Gasteiger charge is 2.21. The summed E-state index contributed by atoms with van der Waals surface area (Å²) < 4.78 is 6.23. The van der Waals surface area contributed by atoms with Crippen molar-refractivity contribution in [1.29, 1.82) is 0 Å². The quantitative estimate of drug-likeness (QED) is 0.242. The maximum atomic E-state index is 6.23. The lowest BCUT2D eigenvalue weighted by Crippen LogP contribution is -1.98. The number of fused-ring (bicyclic) bond motifs is 5. The Kier molecular flexibility index (Phi) is 2.37. The van der Waals surface area contributed by atoms with E-state index in [1.54, 1.807) is 0 Å². The van der Waals surface area contributed by atoms with Crippen LogP contribution in [0.15, 0.2) is 79.0 Å². The predicted octanol–water partition coefficient (Wildman–Crippen LogP) is 6.31. The van der Waals surface area contributed by atoms with Crippen LogP contribution >= 0.6 is 0 Å². The van der Waals surface area contributed by atoms with E-state index in [0.29, 0.717) is 0 Å². The highest BCUT2D eigenvalue weighted by Crippen LogP contribution is 2.47. The Morgan fingerprint density at radius 3 is 2.36 bits per heavy atom. The van der Waals surface area contributed by atoms with Gasteiger partial charge in [0.25, 0.3) is 0 Å². The minimum absolute atomic E-state index is 0.889. The molecule has 0 spiro atoms. The van der Waals surface area contributed by atoms with Gasteiger partial charge in [-0.25, -0.2) is 0 Å². The van der Waals surface area contributed by atoms with Gasteiger partial charge in [0.05, 0.1) is 10.9 Å². The van der Waals surface area contributed by atoms with Crippen molar-refractivity contribution in [2.24, 2.45) is 0 Å². The molecule has 25 heavy (non-hydrogen) atoms. The van der Waals surface area contributed by atoms with Crippen molar-refractivity contribution in [3.8, 4) is 22.6 Å². The van der Waals surface area contributed by atoms with E-state index in [2.05, 4.69) is 54.6 Å². The fourth-order valence-corrected chi connectivity index (χ4v) is 3.91. The van der Waals surface area contributed by atoms with E-state index in [0.717, 1.165) is 33.4 Å². The van der Waals surface area contributed by atoms with Gasteiger partial charge in [-0.1, -0.05) is 42.5 Å². The highest BCUT2D eigenvalue weighted by atomic mass is 16.5. The lowest BCUT2D eigenvalue weighted by molar-refractivity contribution is 0.487. The standard InChI is InChI=1S/C23H13NO/c1-2-6-15-12-19-16(11-14(15)5-1)13-21-22-18(9-10-24-23(19)22)17-7-3-4-8-20(17)25-21/h1-13H. The summed E-state index contributed by atoms with van der Waals surface area (Å²) in [6, 6.07) is 25.3. The van der Waals surface area contributed by atoms with Crippen LogP contribution in [-0.2, 0) is 0 Å². The van der Waals surface area contributed by atoms with Crippen LogP contribution < -0.4 is 4.74 Å². The van der Waals surface area contributed by atoms with Gasteiger partial charge in [0, 0.05) is 22.7 Å². The van der Waals surface area contributed by atoms with Crippen LogP contribution in [0.1, 0.15) is 0 Å². The molecule has 1 aromatic heterocycles. The molecule has 5 aromatic rings. The van der Waals surface area contributed by atoms with Gasteiger partial charge in [0.1, 0.15) is 11.5 Å². The van der Waals surface area contributed by atoms with Crippen LogP contribution in [0.3, 0.4) is 0 Å². The third-order valence-electron chi connectivity index (χ3n) is 5.05. The van der Waals surface area contributed by atoms with Crippen LogP contribution in [0, 0.1) is 0 Å². The molecule has 0 radical (unpaired) electrons. The molecular formula is C23H13NO. The summed E-state index contributed by atoms with van der Waals surface area (Å²) in [5.74, 6) is 1.79. The fraction of sp³-hybridized carbons (Fsp3) is 0. The average molecular weight is 319 g/mol. The van der Waals surface area contributed by atoms with Crippen LogP contribution in [0.5, 0.6) is 11.5 Å². The number of pyridine rings is 1. The summed E-state index contributed by atoms with van der Waals surface area (Å²) in [6.45, 7) is 0.